The third-order valence-corrected chi connectivity index (χ3v) is 4.15. The van der Waals surface area contributed by atoms with Crippen LogP contribution < -0.4 is 0 Å². The maximum absolute atomic E-state index is 12.4. The number of amides is 1. The van der Waals surface area contributed by atoms with E-state index in [-0.39, 0.29) is 12.5 Å². The summed E-state index contributed by atoms with van der Waals surface area (Å²) in [5.41, 5.74) is 4.83. The van der Waals surface area contributed by atoms with E-state index >= 15 is 0 Å². The molecule has 0 fully saturated rings. The van der Waals surface area contributed by atoms with Crippen molar-refractivity contribution in [3.8, 4) is 11.1 Å². The molecular formula is C18H16N4O. The Balaban J connectivity index is 1.52. The summed E-state index contributed by atoms with van der Waals surface area (Å²) in [6, 6.07) is 16.7. The van der Waals surface area contributed by atoms with Crippen LogP contribution in [0.25, 0.3) is 11.1 Å². The lowest BCUT2D eigenvalue weighted by atomic mass is 10.0. The first-order chi connectivity index (χ1) is 11.3. The number of hydrogen-bond donors (Lipinski definition) is 0. The van der Waals surface area contributed by atoms with E-state index < -0.39 is 0 Å². The van der Waals surface area contributed by atoms with Crippen LogP contribution in [-0.2, 0) is 24.4 Å². The van der Waals surface area contributed by atoms with Gasteiger partial charge in [0.15, 0.2) is 0 Å². The molecule has 5 heteroatoms. The van der Waals surface area contributed by atoms with Gasteiger partial charge in [0.25, 0.3) is 0 Å². The summed E-state index contributed by atoms with van der Waals surface area (Å²) in [6.45, 7) is 1.56. The molecule has 2 aromatic carbocycles. The van der Waals surface area contributed by atoms with Crippen molar-refractivity contribution in [1.29, 1.82) is 0 Å². The number of hydrogen-bond acceptors (Lipinski definition) is 3. The number of aromatic nitrogens is 3. The third-order valence-electron chi connectivity index (χ3n) is 4.15. The summed E-state index contributed by atoms with van der Waals surface area (Å²) >= 11 is 0. The number of rotatable bonds is 3. The molecule has 0 saturated heterocycles. The van der Waals surface area contributed by atoms with E-state index in [1.165, 1.54) is 28.6 Å². The summed E-state index contributed by atoms with van der Waals surface area (Å²) in [5.74, 6) is 0.0629. The Morgan fingerprint density at radius 2 is 1.83 bits per heavy atom. The van der Waals surface area contributed by atoms with E-state index in [9.17, 15) is 4.79 Å². The van der Waals surface area contributed by atoms with Gasteiger partial charge in [-0.25, -0.2) is 9.67 Å². The number of benzene rings is 2. The van der Waals surface area contributed by atoms with E-state index in [0.717, 1.165) is 0 Å². The Labute approximate surface area is 134 Å². The topological polar surface area (TPSA) is 51.0 Å². The molecule has 3 aromatic rings. The second-order valence-electron chi connectivity index (χ2n) is 5.69. The third kappa shape index (κ3) is 2.73. The number of fused-ring (bicyclic) bond motifs is 1. The Morgan fingerprint density at radius 3 is 2.61 bits per heavy atom. The first-order valence-corrected chi connectivity index (χ1v) is 7.57. The molecule has 4 rings (SSSR count). The molecule has 1 aliphatic heterocycles. The molecule has 5 nitrogen and oxygen atoms in total. The zero-order valence-corrected chi connectivity index (χ0v) is 12.6. The first-order valence-electron chi connectivity index (χ1n) is 7.57. The fourth-order valence-corrected chi connectivity index (χ4v) is 2.93. The highest BCUT2D eigenvalue weighted by Gasteiger charge is 2.23. The van der Waals surface area contributed by atoms with Crippen molar-refractivity contribution in [2.75, 3.05) is 0 Å². The minimum Gasteiger partial charge on any atom is -0.332 e. The molecule has 0 saturated carbocycles. The van der Waals surface area contributed by atoms with Gasteiger partial charge in [-0.05, 0) is 28.3 Å². The minimum atomic E-state index is 0.0629. The largest absolute Gasteiger partial charge is 0.332 e. The van der Waals surface area contributed by atoms with Crippen LogP contribution in [0.2, 0.25) is 0 Å². The summed E-state index contributed by atoms with van der Waals surface area (Å²) in [6.07, 6.45) is 3.01. The van der Waals surface area contributed by atoms with Gasteiger partial charge in [-0.15, -0.1) is 0 Å². The normalized spacial score (nSPS) is 13.1. The van der Waals surface area contributed by atoms with Crippen molar-refractivity contribution in [2.24, 2.45) is 0 Å². The average molecular weight is 304 g/mol. The Morgan fingerprint density at radius 1 is 1.00 bits per heavy atom. The molecule has 114 valence electrons. The standard InChI is InChI=1S/C18H16N4O/c23-18(11-22-13-19-12-20-22)21-9-16-7-6-15(8-17(16)10-21)14-4-2-1-3-5-14/h1-8,12-13H,9-11H2. The van der Waals surface area contributed by atoms with Crippen LogP contribution >= 0.6 is 0 Å². The van der Waals surface area contributed by atoms with Gasteiger partial charge in [0.1, 0.15) is 19.2 Å². The average Bonchev–Trinajstić information content (AvgIpc) is 3.24. The second kappa shape index (κ2) is 5.68. The fraction of sp³-hybridized carbons (Fsp3) is 0.167. The van der Waals surface area contributed by atoms with Gasteiger partial charge in [-0.3, -0.25) is 4.79 Å². The molecule has 0 atom stereocenters. The number of carbonyl (C=O) groups is 1. The van der Waals surface area contributed by atoms with Crippen LogP contribution in [0.1, 0.15) is 11.1 Å². The van der Waals surface area contributed by atoms with Crippen LogP contribution in [0.15, 0.2) is 61.2 Å². The van der Waals surface area contributed by atoms with Gasteiger partial charge in [0.05, 0.1) is 0 Å². The highest BCUT2D eigenvalue weighted by molar-refractivity contribution is 5.77. The van der Waals surface area contributed by atoms with E-state index in [1.807, 2.05) is 23.1 Å². The lowest BCUT2D eigenvalue weighted by molar-refractivity contribution is -0.132. The summed E-state index contributed by atoms with van der Waals surface area (Å²) in [5, 5.41) is 3.99. The van der Waals surface area contributed by atoms with E-state index in [4.69, 9.17) is 0 Å². The van der Waals surface area contributed by atoms with Gasteiger partial charge < -0.3 is 4.90 Å². The van der Waals surface area contributed by atoms with E-state index in [2.05, 4.69) is 40.4 Å². The molecule has 0 unspecified atom stereocenters. The maximum atomic E-state index is 12.4. The van der Waals surface area contributed by atoms with Gasteiger partial charge in [0.2, 0.25) is 5.91 Å². The van der Waals surface area contributed by atoms with Crippen LogP contribution in [0.3, 0.4) is 0 Å². The smallest absolute Gasteiger partial charge is 0.244 e. The van der Waals surface area contributed by atoms with Crippen LogP contribution in [-0.4, -0.2) is 25.6 Å². The Kier molecular flexibility index (Phi) is 3.38. The van der Waals surface area contributed by atoms with Crippen molar-refractivity contribution in [1.82, 2.24) is 19.7 Å². The fourth-order valence-electron chi connectivity index (χ4n) is 2.93. The Hall–Kier alpha value is -2.95. The van der Waals surface area contributed by atoms with Crippen molar-refractivity contribution < 1.29 is 4.79 Å². The summed E-state index contributed by atoms with van der Waals surface area (Å²) in [4.78, 5) is 18.1. The molecule has 1 aromatic heterocycles. The molecule has 0 bridgehead atoms. The molecule has 0 aliphatic carbocycles. The number of carbonyl (C=O) groups excluding carboxylic acids is 1. The predicted molar refractivity (Wildman–Crippen MR) is 86.2 cm³/mol. The van der Waals surface area contributed by atoms with Crippen molar-refractivity contribution in [2.45, 2.75) is 19.6 Å². The lowest BCUT2D eigenvalue weighted by Crippen LogP contribution is -2.29. The quantitative estimate of drug-likeness (QED) is 0.747. The van der Waals surface area contributed by atoms with Gasteiger partial charge in [-0.2, -0.15) is 5.10 Å². The lowest BCUT2D eigenvalue weighted by Gasteiger charge is -2.14. The minimum absolute atomic E-state index is 0.0629. The van der Waals surface area contributed by atoms with Crippen LogP contribution in [0.5, 0.6) is 0 Å². The summed E-state index contributed by atoms with van der Waals surface area (Å²) in [7, 11) is 0. The molecule has 1 aliphatic rings. The maximum Gasteiger partial charge on any atom is 0.244 e. The molecule has 0 spiro atoms. The molecule has 2 heterocycles. The van der Waals surface area contributed by atoms with E-state index in [0.29, 0.717) is 13.1 Å². The van der Waals surface area contributed by atoms with Gasteiger partial charge >= 0.3 is 0 Å². The van der Waals surface area contributed by atoms with Crippen LogP contribution in [0, 0.1) is 0 Å². The Bertz CT molecular complexity index is 827. The van der Waals surface area contributed by atoms with Crippen molar-refractivity contribution >= 4 is 5.91 Å². The van der Waals surface area contributed by atoms with Crippen molar-refractivity contribution in [3.63, 3.8) is 0 Å². The van der Waals surface area contributed by atoms with Gasteiger partial charge in [-0.1, -0.05) is 42.5 Å². The van der Waals surface area contributed by atoms with E-state index in [1.54, 1.807) is 11.0 Å². The van der Waals surface area contributed by atoms with Crippen LogP contribution in [0.4, 0.5) is 0 Å². The zero-order valence-electron chi connectivity index (χ0n) is 12.6. The molecule has 0 radical (unpaired) electrons. The second-order valence-corrected chi connectivity index (χ2v) is 5.69. The molecule has 1 amide bonds. The predicted octanol–water partition coefficient (Wildman–Crippen LogP) is 2.49. The molecular weight excluding hydrogens is 288 g/mol. The monoisotopic (exact) mass is 304 g/mol. The highest BCUT2D eigenvalue weighted by atomic mass is 16.2. The first kappa shape index (κ1) is 13.7. The molecule has 0 N–H and O–H groups in total. The highest BCUT2D eigenvalue weighted by Crippen LogP contribution is 2.28. The number of nitrogens with zero attached hydrogens (tertiary/aromatic N) is 4. The SMILES string of the molecule is O=C(Cn1cncn1)N1Cc2ccc(-c3ccccc3)cc2C1. The van der Waals surface area contributed by atoms with Crippen molar-refractivity contribution in [3.05, 3.63) is 72.3 Å². The molecule has 23 heavy (non-hydrogen) atoms. The van der Waals surface area contributed by atoms with Gasteiger partial charge in [0, 0.05) is 13.1 Å². The summed E-state index contributed by atoms with van der Waals surface area (Å²) < 4.78 is 1.56. The zero-order chi connectivity index (χ0) is 15.6.